The zero-order valence-electron chi connectivity index (χ0n) is 17.2. The van der Waals surface area contributed by atoms with Crippen molar-refractivity contribution in [3.63, 3.8) is 0 Å². The number of carbonyl (C=O) groups excluding carboxylic acids is 1. The molecule has 3 rings (SSSR count). The number of carbonyl (C=O) groups is 1. The number of rotatable bonds is 7. The van der Waals surface area contributed by atoms with E-state index in [1.807, 2.05) is 19.1 Å². The molecule has 0 atom stereocenters. The van der Waals surface area contributed by atoms with Crippen LogP contribution in [-0.2, 0) is 14.8 Å². The molecule has 0 aliphatic carbocycles. The number of hydrogen-bond donors (Lipinski definition) is 1. The van der Waals surface area contributed by atoms with Crippen LogP contribution in [-0.4, -0.2) is 45.4 Å². The second-order valence-corrected chi connectivity index (χ2v) is 9.09. The molecule has 1 heterocycles. The predicted molar refractivity (Wildman–Crippen MR) is 122 cm³/mol. The molecule has 0 aliphatic rings. The molecule has 0 bridgehead atoms. The smallest absolute Gasteiger partial charge is 0.260 e. The number of benzene rings is 2. The van der Waals surface area contributed by atoms with E-state index in [1.165, 1.54) is 6.21 Å². The number of aromatic nitrogens is 1. The second-order valence-electron chi connectivity index (χ2n) is 6.83. The van der Waals surface area contributed by atoms with Gasteiger partial charge in [-0.2, -0.15) is 5.10 Å². The van der Waals surface area contributed by atoms with Crippen molar-refractivity contribution >= 4 is 50.3 Å². The lowest BCUT2D eigenvalue weighted by Gasteiger charge is -2.21. The SMILES string of the molecule is COc1ccc2cc(/C=N/NC(=O)CN(c3cccc(C)c3)S(C)(=O)=O)c(Cl)nc2c1. The Morgan fingerprint density at radius 2 is 2.03 bits per heavy atom. The van der Waals surface area contributed by atoms with Crippen LogP contribution in [0, 0.1) is 6.92 Å². The summed E-state index contributed by atoms with van der Waals surface area (Å²) in [4.78, 5) is 16.6. The molecule has 31 heavy (non-hydrogen) atoms. The molecule has 0 aliphatic heterocycles. The number of hydrazone groups is 1. The quantitative estimate of drug-likeness (QED) is 0.331. The molecule has 1 N–H and O–H groups in total. The highest BCUT2D eigenvalue weighted by Gasteiger charge is 2.20. The van der Waals surface area contributed by atoms with Crippen LogP contribution < -0.4 is 14.5 Å². The highest BCUT2D eigenvalue weighted by Crippen LogP contribution is 2.23. The molecular weight excluding hydrogens is 440 g/mol. The summed E-state index contributed by atoms with van der Waals surface area (Å²) < 4.78 is 30.5. The van der Waals surface area contributed by atoms with E-state index in [2.05, 4.69) is 15.5 Å². The van der Waals surface area contributed by atoms with Gasteiger partial charge in [0, 0.05) is 17.0 Å². The van der Waals surface area contributed by atoms with Crippen molar-refractivity contribution in [2.24, 2.45) is 5.10 Å². The van der Waals surface area contributed by atoms with Crippen LogP contribution in [0.15, 0.2) is 53.6 Å². The highest BCUT2D eigenvalue weighted by molar-refractivity contribution is 7.92. The summed E-state index contributed by atoms with van der Waals surface area (Å²) in [5.74, 6) is 0.0616. The minimum Gasteiger partial charge on any atom is -0.497 e. The third kappa shape index (κ3) is 5.71. The Bertz CT molecular complexity index is 1260. The lowest BCUT2D eigenvalue weighted by molar-refractivity contribution is -0.119. The van der Waals surface area contributed by atoms with Crippen LogP contribution in [0.5, 0.6) is 5.75 Å². The topological polar surface area (TPSA) is 101 Å². The summed E-state index contributed by atoms with van der Waals surface area (Å²) in [6.07, 6.45) is 2.40. The van der Waals surface area contributed by atoms with Gasteiger partial charge in [0.15, 0.2) is 0 Å². The van der Waals surface area contributed by atoms with E-state index in [9.17, 15) is 13.2 Å². The summed E-state index contributed by atoms with van der Waals surface area (Å²) in [7, 11) is -2.10. The maximum absolute atomic E-state index is 12.3. The zero-order valence-corrected chi connectivity index (χ0v) is 18.7. The van der Waals surface area contributed by atoms with Crippen LogP contribution >= 0.6 is 11.6 Å². The van der Waals surface area contributed by atoms with Crippen LogP contribution in [0.25, 0.3) is 10.9 Å². The van der Waals surface area contributed by atoms with Gasteiger partial charge in [-0.15, -0.1) is 0 Å². The second kappa shape index (κ2) is 9.32. The normalized spacial score (nSPS) is 11.6. The van der Waals surface area contributed by atoms with Gasteiger partial charge in [-0.05, 0) is 42.8 Å². The van der Waals surface area contributed by atoms with Crippen molar-refractivity contribution in [3.8, 4) is 5.75 Å². The fraction of sp³-hybridized carbons (Fsp3) is 0.190. The standard InChI is InChI=1S/C21H21ClN4O4S/c1-14-5-4-6-17(9-14)26(31(3,28)29)13-20(27)25-23-12-16-10-15-7-8-18(30-2)11-19(15)24-21(16)22/h4-12H,13H2,1-3H3,(H,25,27)/b23-12+. The number of halogens is 1. The Hall–Kier alpha value is -3.17. The molecule has 0 saturated carbocycles. The Labute approximate surface area is 185 Å². The molecule has 1 amide bonds. The molecule has 8 nitrogen and oxygen atoms in total. The lowest BCUT2D eigenvalue weighted by atomic mass is 10.1. The Balaban J connectivity index is 1.74. The largest absolute Gasteiger partial charge is 0.497 e. The van der Waals surface area contributed by atoms with E-state index in [0.717, 1.165) is 21.5 Å². The third-order valence-corrected chi connectivity index (χ3v) is 5.82. The summed E-state index contributed by atoms with van der Waals surface area (Å²) in [5, 5.41) is 4.92. The maximum Gasteiger partial charge on any atom is 0.260 e. The predicted octanol–water partition coefficient (Wildman–Crippen LogP) is 3.12. The molecule has 2 aromatic carbocycles. The van der Waals surface area contributed by atoms with E-state index in [0.29, 0.717) is 22.5 Å². The van der Waals surface area contributed by atoms with Crippen molar-refractivity contribution < 1.29 is 17.9 Å². The molecule has 0 fully saturated rings. The number of amides is 1. The fourth-order valence-corrected chi connectivity index (χ4v) is 3.92. The minimum atomic E-state index is -3.66. The van der Waals surface area contributed by atoms with Crippen LogP contribution in [0.3, 0.4) is 0 Å². The number of anilines is 1. The minimum absolute atomic E-state index is 0.205. The van der Waals surface area contributed by atoms with Crippen molar-refractivity contribution in [2.45, 2.75) is 6.92 Å². The van der Waals surface area contributed by atoms with Crippen LogP contribution in [0.1, 0.15) is 11.1 Å². The number of ether oxygens (including phenoxy) is 1. The van der Waals surface area contributed by atoms with Gasteiger partial charge in [-0.3, -0.25) is 9.10 Å². The van der Waals surface area contributed by atoms with Gasteiger partial charge in [0.1, 0.15) is 17.4 Å². The highest BCUT2D eigenvalue weighted by atomic mass is 35.5. The van der Waals surface area contributed by atoms with Crippen LogP contribution in [0.4, 0.5) is 5.69 Å². The Morgan fingerprint density at radius 3 is 2.71 bits per heavy atom. The van der Waals surface area contributed by atoms with Gasteiger partial charge in [0.25, 0.3) is 5.91 Å². The van der Waals surface area contributed by atoms with Gasteiger partial charge < -0.3 is 4.74 Å². The molecule has 0 spiro atoms. The number of sulfonamides is 1. The van der Waals surface area contributed by atoms with E-state index >= 15 is 0 Å². The van der Waals surface area contributed by atoms with E-state index in [-0.39, 0.29) is 5.15 Å². The summed E-state index contributed by atoms with van der Waals surface area (Å²) >= 11 is 6.21. The molecular formula is C21H21ClN4O4S. The van der Waals surface area contributed by atoms with Crippen molar-refractivity contribution in [3.05, 3.63) is 64.8 Å². The summed E-state index contributed by atoms with van der Waals surface area (Å²) in [5.41, 5.74) is 4.77. The number of pyridine rings is 1. The van der Waals surface area contributed by atoms with E-state index < -0.39 is 22.5 Å². The first kappa shape index (κ1) is 22.5. The molecule has 0 saturated heterocycles. The third-order valence-electron chi connectivity index (χ3n) is 4.38. The Morgan fingerprint density at radius 1 is 1.26 bits per heavy atom. The first-order chi connectivity index (χ1) is 14.7. The maximum atomic E-state index is 12.3. The lowest BCUT2D eigenvalue weighted by Crippen LogP contribution is -2.39. The number of nitrogens with one attached hydrogen (secondary N) is 1. The number of fused-ring (bicyclic) bond motifs is 1. The number of hydrogen-bond acceptors (Lipinski definition) is 6. The molecule has 10 heteroatoms. The van der Waals surface area contributed by atoms with Gasteiger partial charge in [0.2, 0.25) is 10.0 Å². The first-order valence-electron chi connectivity index (χ1n) is 9.18. The van der Waals surface area contributed by atoms with Gasteiger partial charge >= 0.3 is 0 Å². The van der Waals surface area contributed by atoms with E-state index in [1.54, 1.807) is 43.5 Å². The van der Waals surface area contributed by atoms with E-state index in [4.69, 9.17) is 16.3 Å². The molecule has 3 aromatic rings. The summed E-state index contributed by atoms with van der Waals surface area (Å²) in [6, 6.07) is 14.0. The van der Waals surface area contributed by atoms with Crippen LogP contribution in [0.2, 0.25) is 5.15 Å². The van der Waals surface area contributed by atoms with Gasteiger partial charge in [0.05, 0.1) is 30.8 Å². The number of nitrogens with zero attached hydrogens (tertiary/aromatic N) is 3. The number of aryl methyl sites for hydroxylation is 1. The van der Waals surface area contributed by atoms with Crippen molar-refractivity contribution in [2.75, 3.05) is 24.2 Å². The summed E-state index contributed by atoms with van der Waals surface area (Å²) in [6.45, 7) is 1.43. The van der Waals surface area contributed by atoms with Crippen molar-refractivity contribution in [1.29, 1.82) is 0 Å². The fourth-order valence-electron chi connectivity index (χ4n) is 2.88. The molecule has 1 aromatic heterocycles. The number of methoxy groups -OCH3 is 1. The molecule has 0 radical (unpaired) electrons. The molecule has 162 valence electrons. The van der Waals surface area contributed by atoms with Gasteiger partial charge in [-0.25, -0.2) is 18.8 Å². The molecule has 0 unspecified atom stereocenters. The first-order valence-corrected chi connectivity index (χ1v) is 11.4. The zero-order chi connectivity index (χ0) is 22.6. The average molecular weight is 461 g/mol. The average Bonchev–Trinajstić information content (AvgIpc) is 2.71. The van der Waals surface area contributed by atoms with Gasteiger partial charge in [-0.1, -0.05) is 23.7 Å². The Kier molecular flexibility index (Phi) is 6.77. The monoisotopic (exact) mass is 460 g/mol. The van der Waals surface area contributed by atoms with Crippen molar-refractivity contribution in [1.82, 2.24) is 10.4 Å².